The van der Waals surface area contributed by atoms with E-state index in [-0.39, 0.29) is 31.4 Å². The van der Waals surface area contributed by atoms with Crippen LogP contribution < -0.4 is 29.6 Å². The third-order valence-electron chi connectivity index (χ3n) is 11.1. The van der Waals surface area contributed by atoms with Crippen LogP contribution in [-0.2, 0) is 24.4 Å². The van der Waals surface area contributed by atoms with Gasteiger partial charge >= 0.3 is 0 Å². The number of pyridine rings is 1. The van der Waals surface area contributed by atoms with Gasteiger partial charge in [-0.05, 0) is 90.5 Å². The van der Waals surface area contributed by atoms with Crippen molar-refractivity contribution in [2.24, 2.45) is 5.92 Å². The summed E-state index contributed by atoms with van der Waals surface area (Å²) in [6.07, 6.45) is 7.47. The number of allylic oxidation sites excluding steroid dienone is 1. The zero-order valence-electron chi connectivity index (χ0n) is 33.0. The summed E-state index contributed by atoms with van der Waals surface area (Å²) in [6.45, 7) is 7.57. The van der Waals surface area contributed by atoms with Crippen molar-refractivity contribution in [1.29, 1.82) is 0 Å². The number of hydrogen-bond acceptors (Lipinski definition) is 11. The minimum Gasteiger partial charge on any atom is -0.496 e. The fourth-order valence-corrected chi connectivity index (χ4v) is 9.92. The summed E-state index contributed by atoms with van der Waals surface area (Å²) in [6, 6.07) is 6.88. The van der Waals surface area contributed by atoms with E-state index in [4.69, 9.17) is 19.2 Å². The molecule has 0 unspecified atom stereocenters. The molecule has 3 aromatic rings. The maximum absolute atomic E-state index is 14.7. The molecule has 57 heavy (non-hydrogen) atoms. The summed E-state index contributed by atoms with van der Waals surface area (Å²) in [4.78, 5) is 64.2. The highest BCUT2D eigenvalue weighted by molar-refractivity contribution is 7.91. The van der Waals surface area contributed by atoms with E-state index in [0.29, 0.717) is 65.3 Å². The Bertz CT molecular complexity index is 2200. The first-order chi connectivity index (χ1) is 27.2. The first kappa shape index (κ1) is 40.5. The summed E-state index contributed by atoms with van der Waals surface area (Å²) in [7, 11) is -2.32. The van der Waals surface area contributed by atoms with Crippen molar-refractivity contribution in [3.63, 3.8) is 0 Å². The van der Waals surface area contributed by atoms with Crippen LogP contribution in [0.4, 0.5) is 0 Å². The first-order valence-electron chi connectivity index (χ1n) is 19.7. The Labute approximate surface area is 337 Å². The lowest BCUT2D eigenvalue weighted by molar-refractivity contribution is -0.141. The number of carbonyl (C=O) groups excluding carboxylic acids is 4. The van der Waals surface area contributed by atoms with Gasteiger partial charge in [0.2, 0.25) is 27.7 Å². The molecule has 2 aliphatic heterocycles. The summed E-state index contributed by atoms with van der Waals surface area (Å²) in [5.74, 6) is -1.23. The standard InChI is InChI=1S/C41H51N5O9S2/c1-23(2)54-35-20-33(29-16-17-32(53-5)25(4)36(29)43-35)55-27-19-31-37(47)44-41(40(50)45-57(51,52)28-14-15-28)21-26(41)11-9-7-6-8-10-12-30(39(49)46(31)22-27)42-38(48)34-18-13-24(3)56-34/h9,11,13,16-18,20,23,26-28,30-31H,6-8,10,12,14-15,19,21-22H2,1-5H3,(H,42,48)(H,44,47)(H,45,50)/b11-9-/t26-,27-,30+,31+,41-/m1/s1. The van der Waals surface area contributed by atoms with Crippen LogP contribution in [0.2, 0.25) is 0 Å². The molecule has 3 fully saturated rings. The average Bonchev–Trinajstić information content (AvgIpc) is 4.05. The van der Waals surface area contributed by atoms with E-state index in [1.165, 1.54) is 16.2 Å². The number of carbonyl (C=O) groups is 4. The molecule has 14 nitrogen and oxygen atoms in total. The molecule has 4 heterocycles. The van der Waals surface area contributed by atoms with E-state index in [1.54, 1.807) is 19.2 Å². The number of aromatic nitrogens is 1. The number of nitrogens with one attached hydrogen (secondary N) is 3. The average molecular weight is 822 g/mol. The fraction of sp³-hybridized carbons (Fsp3) is 0.537. The molecular weight excluding hydrogens is 771 g/mol. The van der Waals surface area contributed by atoms with Crippen LogP contribution in [0.3, 0.4) is 0 Å². The molecule has 1 saturated heterocycles. The minimum absolute atomic E-state index is 0.000683. The van der Waals surface area contributed by atoms with Gasteiger partial charge in [-0.25, -0.2) is 13.4 Å². The van der Waals surface area contributed by atoms with Gasteiger partial charge in [-0.1, -0.05) is 25.0 Å². The van der Waals surface area contributed by atoms with Crippen LogP contribution in [0.1, 0.15) is 91.7 Å². The van der Waals surface area contributed by atoms with Gasteiger partial charge in [-0.15, -0.1) is 11.3 Å². The Kier molecular flexibility index (Phi) is 11.6. The Morgan fingerprint density at radius 3 is 2.54 bits per heavy atom. The number of aryl methyl sites for hydroxylation is 2. The quantitative estimate of drug-likeness (QED) is 0.239. The maximum atomic E-state index is 14.7. The number of rotatable bonds is 10. The highest BCUT2D eigenvalue weighted by Gasteiger charge is 2.62. The number of benzene rings is 1. The van der Waals surface area contributed by atoms with Gasteiger partial charge in [-0.3, -0.25) is 23.9 Å². The summed E-state index contributed by atoms with van der Waals surface area (Å²) < 4.78 is 46.3. The van der Waals surface area contributed by atoms with Crippen LogP contribution in [0.15, 0.2) is 42.5 Å². The molecule has 7 rings (SSSR count). The number of fused-ring (bicyclic) bond motifs is 3. The molecule has 0 bridgehead atoms. The van der Waals surface area contributed by atoms with Crippen molar-refractivity contribution < 1.29 is 41.8 Å². The molecule has 1 aromatic carbocycles. The van der Waals surface area contributed by atoms with Gasteiger partial charge in [0.15, 0.2) is 0 Å². The molecule has 4 amide bonds. The van der Waals surface area contributed by atoms with E-state index in [2.05, 4.69) is 15.4 Å². The lowest BCUT2D eigenvalue weighted by atomic mass is 10.0. The molecule has 2 saturated carbocycles. The van der Waals surface area contributed by atoms with Crippen molar-refractivity contribution in [2.75, 3.05) is 13.7 Å². The first-order valence-corrected chi connectivity index (χ1v) is 22.1. The molecular formula is C41H51N5O9S2. The van der Waals surface area contributed by atoms with Crippen molar-refractivity contribution in [2.45, 2.75) is 121 Å². The normalized spacial score (nSPS) is 26.0. The zero-order chi connectivity index (χ0) is 40.6. The van der Waals surface area contributed by atoms with Crippen LogP contribution in [0.25, 0.3) is 10.9 Å². The van der Waals surface area contributed by atoms with E-state index < -0.39 is 62.6 Å². The van der Waals surface area contributed by atoms with Gasteiger partial charge < -0.3 is 29.7 Å². The molecule has 306 valence electrons. The lowest BCUT2D eigenvalue weighted by Gasteiger charge is -2.30. The lowest BCUT2D eigenvalue weighted by Crippen LogP contribution is -2.58. The highest BCUT2D eigenvalue weighted by atomic mass is 32.2. The van der Waals surface area contributed by atoms with Gasteiger partial charge in [0.25, 0.3) is 11.8 Å². The zero-order valence-corrected chi connectivity index (χ0v) is 34.6. The smallest absolute Gasteiger partial charge is 0.262 e. The largest absolute Gasteiger partial charge is 0.496 e. The summed E-state index contributed by atoms with van der Waals surface area (Å²) in [5.41, 5.74) is -0.116. The second-order valence-corrected chi connectivity index (χ2v) is 19.1. The van der Waals surface area contributed by atoms with Crippen LogP contribution in [-0.4, -0.2) is 90.7 Å². The minimum atomic E-state index is -3.90. The molecule has 3 N–H and O–H groups in total. The second kappa shape index (κ2) is 16.3. The topological polar surface area (TPSA) is 182 Å². The van der Waals surface area contributed by atoms with E-state index in [9.17, 15) is 27.6 Å². The number of methoxy groups -OCH3 is 1. The number of nitrogens with zero attached hydrogens (tertiary/aromatic N) is 2. The SMILES string of the molecule is COc1ccc2c(O[C@@H]3C[C@H]4C(=O)N[C@]5(C(=O)NS(=O)(=O)C6CC6)C[C@H]5/C=C\CCCCC[C@H](NC(=O)c5ccc(C)s5)C(=O)N4C3)cc(OC(C)C)nc2c1C. The van der Waals surface area contributed by atoms with E-state index in [0.717, 1.165) is 23.3 Å². The van der Waals surface area contributed by atoms with Crippen molar-refractivity contribution >= 4 is 55.9 Å². The number of sulfonamides is 1. The Morgan fingerprint density at radius 1 is 1.05 bits per heavy atom. The van der Waals surface area contributed by atoms with Crippen molar-refractivity contribution in [3.8, 4) is 17.4 Å². The maximum Gasteiger partial charge on any atom is 0.262 e. The Balaban J connectivity index is 1.23. The molecule has 5 atom stereocenters. The van der Waals surface area contributed by atoms with Crippen LogP contribution >= 0.6 is 11.3 Å². The third-order valence-corrected chi connectivity index (χ3v) is 13.9. The number of hydrogen-bond donors (Lipinski definition) is 3. The molecule has 2 aliphatic carbocycles. The molecule has 2 aromatic heterocycles. The predicted octanol–water partition coefficient (Wildman–Crippen LogP) is 4.86. The Hall–Kier alpha value is -4.70. The third kappa shape index (κ3) is 8.76. The van der Waals surface area contributed by atoms with Crippen molar-refractivity contribution in [3.05, 3.63) is 57.8 Å². The van der Waals surface area contributed by atoms with Crippen molar-refractivity contribution in [1.82, 2.24) is 25.2 Å². The number of thiophene rings is 1. The van der Waals surface area contributed by atoms with Gasteiger partial charge in [0, 0.05) is 34.2 Å². The van der Waals surface area contributed by atoms with E-state index in [1.807, 2.05) is 58.0 Å². The summed E-state index contributed by atoms with van der Waals surface area (Å²) in [5, 5.41) is 5.93. The highest BCUT2D eigenvalue weighted by Crippen LogP contribution is 2.46. The van der Waals surface area contributed by atoms with Gasteiger partial charge in [0.1, 0.15) is 35.2 Å². The molecule has 16 heteroatoms. The van der Waals surface area contributed by atoms with E-state index >= 15 is 0 Å². The monoisotopic (exact) mass is 821 g/mol. The summed E-state index contributed by atoms with van der Waals surface area (Å²) >= 11 is 1.33. The number of ether oxygens (including phenoxy) is 3. The van der Waals surface area contributed by atoms with Gasteiger partial charge in [-0.2, -0.15) is 0 Å². The Morgan fingerprint density at radius 2 is 1.84 bits per heavy atom. The van der Waals surface area contributed by atoms with Gasteiger partial charge in [0.05, 0.1) is 35.4 Å². The molecule has 4 aliphatic rings. The van der Waals surface area contributed by atoms with Crippen LogP contribution in [0.5, 0.6) is 17.4 Å². The predicted molar refractivity (Wildman–Crippen MR) is 215 cm³/mol. The number of amides is 4. The van der Waals surface area contributed by atoms with Crippen LogP contribution in [0, 0.1) is 19.8 Å². The fourth-order valence-electron chi connectivity index (χ4n) is 7.79. The second-order valence-electron chi connectivity index (χ2n) is 15.8. The molecule has 0 radical (unpaired) electrons. The molecule has 0 spiro atoms.